The lowest BCUT2D eigenvalue weighted by atomic mass is 10.2. The molecular weight excluding hydrogens is 397 g/mol. The summed E-state index contributed by atoms with van der Waals surface area (Å²) in [7, 11) is -3.63. The standard InChI is InChI=1S/C18H17Cl2NO4S/c19-14-7-8-16(20)17(12-14)25-18(22)13-5-4-6-15(11-13)26(23,24)21-9-2-1-3-10-21/h4-8,11-12H,1-3,9-10H2. The summed E-state index contributed by atoms with van der Waals surface area (Å²) in [5.41, 5.74) is 0.124. The Morgan fingerprint density at radius 1 is 1.00 bits per heavy atom. The fourth-order valence-electron chi connectivity index (χ4n) is 2.75. The molecule has 26 heavy (non-hydrogen) atoms. The van der Waals surface area contributed by atoms with E-state index < -0.39 is 16.0 Å². The van der Waals surface area contributed by atoms with Crippen LogP contribution in [0.3, 0.4) is 0 Å². The highest BCUT2D eigenvalue weighted by molar-refractivity contribution is 7.89. The average Bonchev–Trinajstić information content (AvgIpc) is 2.65. The second-order valence-electron chi connectivity index (χ2n) is 5.96. The molecule has 138 valence electrons. The molecule has 1 saturated heterocycles. The van der Waals surface area contributed by atoms with E-state index in [0.29, 0.717) is 18.1 Å². The molecule has 0 aromatic heterocycles. The first-order chi connectivity index (χ1) is 12.4. The molecule has 0 radical (unpaired) electrons. The molecule has 2 aromatic carbocycles. The molecule has 3 rings (SSSR count). The van der Waals surface area contributed by atoms with E-state index in [0.717, 1.165) is 19.3 Å². The molecule has 0 saturated carbocycles. The number of hydrogen-bond acceptors (Lipinski definition) is 4. The topological polar surface area (TPSA) is 63.7 Å². The first kappa shape index (κ1) is 19.2. The van der Waals surface area contributed by atoms with Crippen molar-refractivity contribution in [1.82, 2.24) is 4.31 Å². The van der Waals surface area contributed by atoms with E-state index in [4.69, 9.17) is 27.9 Å². The van der Waals surface area contributed by atoms with Gasteiger partial charge in [-0.2, -0.15) is 4.31 Å². The first-order valence-electron chi connectivity index (χ1n) is 8.15. The summed E-state index contributed by atoms with van der Waals surface area (Å²) in [4.78, 5) is 12.5. The molecule has 0 aliphatic carbocycles. The molecule has 0 spiro atoms. The van der Waals surface area contributed by atoms with Crippen LogP contribution in [0.2, 0.25) is 10.0 Å². The molecule has 1 aliphatic heterocycles. The van der Waals surface area contributed by atoms with Crippen molar-refractivity contribution in [1.29, 1.82) is 0 Å². The zero-order valence-corrected chi connectivity index (χ0v) is 16.1. The van der Waals surface area contributed by atoms with Crippen LogP contribution >= 0.6 is 23.2 Å². The number of ether oxygens (including phenoxy) is 1. The van der Waals surface area contributed by atoms with Crippen LogP contribution in [0.5, 0.6) is 5.75 Å². The van der Waals surface area contributed by atoms with E-state index in [-0.39, 0.29) is 21.2 Å². The molecule has 0 bridgehead atoms. The van der Waals surface area contributed by atoms with Crippen LogP contribution in [0.15, 0.2) is 47.4 Å². The minimum Gasteiger partial charge on any atom is -0.421 e. The Hall–Kier alpha value is -1.60. The number of hydrogen-bond donors (Lipinski definition) is 0. The van der Waals surface area contributed by atoms with E-state index in [1.165, 1.54) is 40.7 Å². The number of nitrogens with zero attached hydrogens (tertiary/aromatic N) is 1. The summed E-state index contributed by atoms with van der Waals surface area (Å²) >= 11 is 11.9. The molecule has 5 nitrogen and oxygen atoms in total. The second kappa shape index (κ2) is 7.96. The highest BCUT2D eigenvalue weighted by atomic mass is 35.5. The number of esters is 1. The Morgan fingerprint density at radius 2 is 1.73 bits per heavy atom. The van der Waals surface area contributed by atoms with Gasteiger partial charge < -0.3 is 4.74 Å². The average molecular weight is 414 g/mol. The molecular formula is C18H17Cl2NO4S. The number of rotatable bonds is 4. The van der Waals surface area contributed by atoms with Crippen LogP contribution in [-0.2, 0) is 10.0 Å². The van der Waals surface area contributed by atoms with Crippen molar-refractivity contribution in [3.05, 3.63) is 58.1 Å². The number of sulfonamides is 1. The lowest BCUT2D eigenvalue weighted by molar-refractivity contribution is 0.0734. The summed E-state index contributed by atoms with van der Waals surface area (Å²) in [5.74, 6) is -0.585. The van der Waals surface area contributed by atoms with E-state index in [1.807, 2.05) is 0 Å². The summed E-state index contributed by atoms with van der Waals surface area (Å²) in [6, 6.07) is 10.3. The Balaban J connectivity index is 1.84. The van der Waals surface area contributed by atoms with Gasteiger partial charge in [0, 0.05) is 24.2 Å². The molecule has 0 unspecified atom stereocenters. The van der Waals surface area contributed by atoms with Gasteiger partial charge in [-0.1, -0.05) is 35.7 Å². The van der Waals surface area contributed by atoms with Crippen LogP contribution < -0.4 is 4.74 Å². The predicted octanol–water partition coefficient (Wildman–Crippen LogP) is 4.39. The van der Waals surface area contributed by atoms with Crippen LogP contribution in [0.1, 0.15) is 29.6 Å². The largest absolute Gasteiger partial charge is 0.421 e. The third kappa shape index (κ3) is 4.20. The zero-order chi connectivity index (χ0) is 18.7. The van der Waals surface area contributed by atoms with Gasteiger partial charge in [0.25, 0.3) is 0 Å². The van der Waals surface area contributed by atoms with Gasteiger partial charge in [0.05, 0.1) is 15.5 Å². The zero-order valence-electron chi connectivity index (χ0n) is 13.8. The lowest BCUT2D eigenvalue weighted by Crippen LogP contribution is -2.35. The van der Waals surface area contributed by atoms with E-state index in [9.17, 15) is 13.2 Å². The fourth-order valence-corrected chi connectivity index (χ4v) is 4.63. The van der Waals surface area contributed by atoms with Gasteiger partial charge in [-0.3, -0.25) is 0 Å². The van der Waals surface area contributed by atoms with Crippen molar-refractivity contribution in [2.75, 3.05) is 13.1 Å². The smallest absolute Gasteiger partial charge is 0.343 e. The van der Waals surface area contributed by atoms with Crippen molar-refractivity contribution in [2.24, 2.45) is 0 Å². The first-order valence-corrected chi connectivity index (χ1v) is 10.3. The van der Waals surface area contributed by atoms with Crippen LogP contribution in [-0.4, -0.2) is 31.8 Å². The number of carbonyl (C=O) groups excluding carboxylic acids is 1. The fraction of sp³-hybridized carbons (Fsp3) is 0.278. The second-order valence-corrected chi connectivity index (χ2v) is 8.74. The van der Waals surface area contributed by atoms with E-state index in [2.05, 4.69) is 0 Å². The Labute approximate surface area is 162 Å². The minimum absolute atomic E-state index is 0.0750. The van der Waals surface area contributed by atoms with E-state index in [1.54, 1.807) is 6.07 Å². The van der Waals surface area contributed by atoms with Gasteiger partial charge >= 0.3 is 5.97 Å². The molecule has 1 fully saturated rings. The van der Waals surface area contributed by atoms with Gasteiger partial charge in [-0.15, -0.1) is 0 Å². The molecule has 1 aliphatic rings. The van der Waals surface area contributed by atoms with Crippen molar-refractivity contribution >= 4 is 39.2 Å². The Kier molecular flexibility index (Phi) is 5.87. The van der Waals surface area contributed by atoms with Crippen LogP contribution in [0.4, 0.5) is 0 Å². The van der Waals surface area contributed by atoms with Crippen molar-refractivity contribution in [3.8, 4) is 5.75 Å². The number of halogens is 2. The summed E-state index contributed by atoms with van der Waals surface area (Å²) in [6.07, 6.45) is 2.71. The van der Waals surface area contributed by atoms with Crippen LogP contribution in [0.25, 0.3) is 0 Å². The molecule has 0 atom stereocenters. The number of carbonyl (C=O) groups is 1. The van der Waals surface area contributed by atoms with E-state index >= 15 is 0 Å². The van der Waals surface area contributed by atoms with Crippen molar-refractivity contribution in [2.45, 2.75) is 24.2 Å². The molecule has 0 N–H and O–H groups in total. The molecule has 2 aromatic rings. The van der Waals surface area contributed by atoms with Gasteiger partial charge in [0.1, 0.15) is 0 Å². The third-order valence-electron chi connectivity index (χ3n) is 4.12. The normalized spacial score (nSPS) is 15.6. The number of piperidine rings is 1. The maximum absolute atomic E-state index is 12.8. The minimum atomic E-state index is -3.63. The molecule has 0 amide bonds. The highest BCUT2D eigenvalue weighted by Crippen LogP contribution is 2.29. The molecule has 1 heterocycles. The summed E-state index contributed by atoms with van der Waals surface area (Å²) in [5, 5.41) is 0.610. The SMILES string of the molecule is O=C(Oc1cc(Cl)ccc1Cl)c1cccc(S(=O)(=O)N2CCCCC2)c1. The van der Waals surface area contributed by atoms with Gasteiger partial charge in [0.15, 0.2) is 5.75 Å². The summed E-state index contributed by atoms with van der Waals surface area (Å²) in [6.45, 7) is 0.990. The maximum Gasteiger partial charge on any atom is 0.343 e. The van der Waals surface area contributed by atoms with Crippen LogP contribution in [0, 0.1) is 0 Å². The van der Waals surface area contributed by atoms with Gasteiger partial charge in [0.2, 0.25) is 10.0 Å². The monoisotopic (exact) mass is 413 g/mol. The quantitative estimate of drug-likeness (QED) is 0.550. The van der Waals surface area contributed by atoms with Gasteiger partial charge in [-0.05, 0) is 43.2 Å². The Bertz CT molecular complexity index is 925. The van der Waals surface area contributed by atoms with Gasteiger partial charge in [-0.25, -0.2) is 13.2 Å². The lowest BCUT2D eigenvalue weighted by Gasteiger charge is -2.25. The van der Waals surface area contributed by atoms with Crippen molar-refractivity contribution < 1.29 is 17.9 Å². The maximum atomic E-state index is 12.8. The summed E-state index contributed by atoms with van der Waals surface area (Å²) < 4.78 is 32.2. The predicted molar refractivity (Wildman–Crippen MR) is 100 cm³/mol. The molecule has 8 heteroatoms. The Morgan fingerprint density at radius 3 is 2.46 bits per heavy atom. The van der Waals surface area contributed by atoms with Crippen molar-refractivity contribution in [3.63, 3.8) is 0 Å². The third-order valence-corrected chi connectivity index (χ3v) is 6.56. The number of benzene rings is 2. The highest BCUT2D eigenvalue weighted by Gasteiger charge is 2.26.